The maximum atomic E-state index is 13.8. The van der Waals surface area contributed by atoms with Crippen molar-refractivity contribution in [2.45, 2.75) is 25.3 Å². The molecule has 2 aliphatic rings. The highest BCUT2D eigenvalue weighted by molar-refractivity contribution is 5.83. The molecular formula is C24H30N2O2. The molecule has 2 saturated heterocycles. The zero-order valence-electron chi connectivity index (χ0n) is 16.7. The van der Waals surface area contributed by atoms with Gasteiger partial charge in [0, 0.05) is 32.8 Å². The molecule has 2 heterocycles. The van der Waals surface area contributed by atoms with Gasteiger partial charge in [-0.1, -0.05) is 60.7 Å². The Kier molecular flexibility index (Phi) is 5.79. The van der Waals surface area contributed by atoms with Crippen LogP contribution in [-0.2, 0) is 16.0 Å². The normalized spacial score (nSPS) is 22.8. The maximum absolute atomic E-state index is 13.8. The van der Waals surface area contributed by atoms with Crippen LogP contribution in [0.15, 0.2) is 60.7 Å². The Morgan fingerprint density at radius 3 is 2.32 bits per heavy atom. The number of carbonyl (C=O) groups is 1. The van der Waals surface area contributed by atoms with E-state index in [0.717, 1.165) is 38.9 Å². The van der Waals surface area contributed by atoms with Crippen LogP contribution in [0.5, 0.6) is 0 Å². The number of amides is 1. The van der Waals surface area contributed by atoms with Crippen LogP contribution < -0.4 is 0 Å². The van der Waals surface area contributed by atoms with Crippen molar-refractivity contribution >= 4 is 5.91 Å². The lowest BCUT2D eigenvalue weighted by Crippen LogP contribution is -2.55. The van der Waals surface area contributed by atoms with Gasteiger partial charge in [-0.05, 0) is 37.4 Å². The monoisotopic (exact) mass is 378 g/mol. The van der Waals surface area contributed by atoms with E-state index in [1.807, 2.05) is 12.1 Å². The molecular weight excluding hydrogens is 348 g/mol. The van der Waals surface area contributed by atoms with Gasteiger partial charge in [0.05, 0.1) is 11.5 Å². The van der Waals surface area contributed by atoms with Crippen LogP contribution in [0.1, 0.15) is 30.0 Å². The van der Waals surface area contributed by atoms with Crippen LogP contribution in [0.25, 0.3) is 0 Å². The van der Waals surface area contributed by atoms with Gasteiger partial charge in [-0.3, -0.25) is 9.69 Å². The third kappa shape index (κ3) is 3.98. The fourth-order valence-electron chi connectivity index (χ4n) is 4.64. The molecule has 2 aliphatic heterocycles. The summed E-state index contributed by atoms with van der Waals surface area (Å²) < 4.78 is 5.63. The van der Waals surface area contributed by atoms with Crippen molar-refractivity contribution in [3.05, 3.63) is 71.8 Å². The lowest BCUT2D eigenvalue weighted by atomic mass is 9.73. The van der Waals surface area contributed by atoms with Crippen molar-refractivity contribution in [2.24, 2.45) is 5.41 Å². The first-order valence-corrected chi connectivity index (χ1v) is 10.3. The molecule has 0 N–H and O–H groups in total. The number of benzene rings is 2. The summed E-state index contributed by atoms with van der Waals surface area (Å²) in [6, 6.07) is 21.3. The van der Waals surface area contributed by atoms with E-state index in [2.05, 4.69) is 65.4 Å². The van der Waals surface area contributed by atoms with E-state index < -0.39 is 0 Å². The number of hydrogen-bond acceptors (Lipinski definition) is 3. The van der Waals surface area contributed by atoms with Crippen molar-refractivity contribution in [2.75, 3.05) is 39.9 Å². The lowest BCUT2D eigenvalue weighted by molar-refractivity contribution is -0.151. The third-order valence-corrected chi connectivity index (χ3v) is 6.41. The van der Waals surface area contributed by atoms with Crippen LogP contribution in [-0.4, -0.2) is 55.6 Å². The summed E-state index contributed by atoms with van der Waals surface area (Å²) in [5, 5.41) is 0. The van der Waals surface area contributed by atoms with E-state index >= 15 is 0 Å². The van der Waals surface area contributed by atoms with Crippen LogP contribution in [0, 0.1) is 5.41 Å². The molecule has 148 valence electrons. The Bertz CT molecular complexity index is 772. The summed E-state index contributed by atoms with van der Waals surface area (Å²) in [4.78, 5) is 18.3. The van der Waals surface area contributed by atoms with Crippen molar-refractivity contribution in [1.82, 2.24) is 9.80 Å². The average Bonchev–Trinajstić information content (AvgIpc) is 2.75. The minimum Gasteiger partial charge on any atom is -0.381 e. The zero-order chi connectivity index (χ0) is 19.4. The highest BCUT2D eigenvalue weighted by Gasteiger charge is 2.44. The van der Waals surface area contributed by atoms with Gasteiger partial charge in [-0.25, -0.2) is 0 Å². The van der Waals surface area contributed by atoms with Crippen molar-refractivity contribution in [1.29, 1.82) is 0 Å². The number of likely N-dealkylation sites (N-methyl/N-ethyl adjacent to an activating group) is 1. The predicted molar refractivity (Wildman–Crippen MR) is 111 cm³/mol. The maximum Gasteiger partial charge on any atom is 0.229 e. The molecule has 2 fully saturated rings. The first-order valence-electron chi connectivity index (χ1n) is 10.3. The molecule has 1 atom stereocenters. The number of piperazine rings is 1. The summed E-state index contributed by atoms with van der Waals surface area (Å²) in [5.74, 6) is 0.314. The van der Waals surface area contributed by atoms with E-state index in [1.54, 1.807) is 0 Å². The van der Waals surface area contributed by atoms with E-state index in [0.29, 0.717) is 19.1 Å². The third-order valence-electron chi connectivity index (χ3n) is 6.41. The van der Waals surface area contributed by atoms with Gasteiger partial charge in [0.2, 0.25) is 5.91 Å². The highest BCUT2D eigenvalue weighted by Crippen LogP contribution is 2.38. The standard InChI is InChI=1S/C24H30N2O2/c1-25-14-15-26(19-22(25)21-10-6-3-7-11-21)23(27)24(12-16-28-17-13-24)18-20-8-4-2-5-9-20/h2-11,22H,12-19H2,1H3/t22-/m0/s1. The molecule has 0 radical (unpaired) electrons. The van der Waals surface area contributed by atoms with Gasteiger partial charge in [0.15, 0.2) is 0 Å². The molecule has 4 heteroatoms. The Morgan fingerprint density at radius 2 is 1.64 bits per heavy atom. The summed E-state index contributed by atoms with van der Waals surface area (Å²) in [7, 11) is 2.16. The molecule has 0 bridgehead atoms. The van der Waals surface area contributed by atoms with Gasteiger partial charge >= 0.3 is 0 Å². The second-order valence-electron chi connectivity index (χ2n) is 8.21. The zero-order valence-corrected chi connectivity index (χ0v) is 16.7. The molecule has 2 aromatic rings. The molecule has 0 aliphatic carbocycles. The number of nitrogens with zero attached hydrogens (tertiary/aromatic N) is 2. The van der Waals surface area contributed by atoms with E-state index in [1.165, 1.54) is 11.1 Å². The smallest absolute Gasteiger partial charge is 0.229 e. The predicted octanol–water partition coefficient (Wildman–Crippen LogP) is 3.54. The number of hydrogen-bond donors (Lipinski definition) is 0. The van der Waals surface area contributed by atoms with Gasteiger partial charge in [0.1, 0.15) is 0 Å². The van der Waals surface area contributed by atoms with Crippen molar-refractivity contribution in [3.8, 4) is 0 Å². The first kappa shape index (κ1) is 19.2. The summed E-state index contributed by atoms with van der Waals surface area (Å²) >= 11 is 0. The van der Waals surface area contributed by atoms with Crippen LogP contribution in [0.4, 0.5) is 0 Å². The molecule has 0 aromatic heterocycles. The topological polar surface area (TPSA) is 32.8 Å². The van der Waals surface area contributed by atoms with Gasteiger partial charge in [-0.2, -0.15) is 0 Å². The minimum atomic E-state index is -0.337. The largest absolute Gasteiger partial charge is 0.381 e. The quantitative estimate of drug-likeness (QED) is 0.816. The summed E-state index contributed by atoms with van der Waals surface area (Å²) in [6.45, 7) is 3.82. The molecule has 0 spiro atoms. The van der Waals surface area contributed by atoms with Crippen LogP contribution in [0.3, 0.4) is 0 Å². The average molecular weight is 379 g/mol. The minimum absolute atomic E-state index is 0.257. The fraction of sp³-hybridized carbons (Fsp3) is 0.458. The number of rotatable bonds is 4. The molecule has 0 saturated carbocycles. The lowest BCUT2D eigenvalue weighted by Gasteiger charge is -2.45. The second kappa shape index (κ2) is 8.46. The van der Waals surface area contributed by atoms with Crippen molar-refractivity contribution < 1.29 is 9.53 Å². The Morgan fingerprint density at radius 1 is 1.00 bits per heavy atom. The Hall–Kier alpha value is -2.17. The van der Waals surface area contributed by atoms with Gasteiger partial charge in [-0.15, -0.1) is 0 Å². The van der Waals surface area contributed by atoms with E-state index in [9.17, 15) is 4.79 Å². The Labute approximate surface area is 168 Å². The number of ether oxygens (including phenoxy) is 1. The van der Waals surface area contributed by atoms with Crippen LogP contribution >= 0.6 is 0 Å². The van der Waals surface area contributed by atoms with Gasteiger partial charge < -0.3 is 9.64 Å². The van der Waals surface area contributed by atoms with Crippen molar-refractivity contribution in [3.63, 3.8) is 0 Å². The first-order chi connectivity index (χ1) is 13.7. The molecule has 1 amide bonds. The molecule has 28 heavy (non-hydrogen) atoms. The van der Waals surface area contributed by atoms with Gasteiger partial charge in [0.25, 0.3) is 0 Å². The SMILES string of the molecule is CN1CCN(C(=O)C2(Cc3ccccc3)CCOCC2)C[C@H]1c1ccccc1. The number of carbonyl (C=O) groups excluding carboxylic acids is 1. The fourth-order valence-corrected chi connectivity index (χ4v) is 4.64. The van der Waals surface area contributed by atoms with Crippen LogP contribution in [0.2, 0.25) is 0 Å². The highest BCUT2D eigenvalue weighted by atomic mass is 16.5. The summed E-state index contributed by atoms with van der Waals surface area (Å²) in [6.07, 6.45) is 2.42. The van der Waals surface area contributed by atoms with E-state index in [4.69, 9.17) is 4.74 Å². The molecule has 2 aromatic carbocycles. The molecule has 4 rings (SSSR count). The molecule has 4 nitrogen and oxygen atoms in total. The van der Waals surface area contributed by atoms with E-state index in [-0.39, 0.29) is 11.5 Å². The Balaban J connectivity index is 1.56. The summed E-state index contributed by atoms with van der Waals surface area (Å²) in [5.41, 5.74) is 2.19. The second-order valence-corrected chi connectivity index (χ2v) is 8.21. The molecule has 0 unspecified atom stereocenters.